The Hall–Kier alpha value is -1.36. The fraction of sp³-hybridized carbons (Fsp3) is 0.692. The third kappa shape index (κ3) is 2.41. The number of rotatable bonds is 5. The molecule has 2 N–H and O–H groups in total. The van der Waals surface area contributed by atoms with Gasteiger partial charge >= 0.3 is 5.97 Å². The van der Waals surface area contributed by atoms with Gasteiger partial charge in [-0.2, -0.15) is 0 Å². The maximum atomic E-state index is 12.0. The molecule has 1 fully saturated rings. The Morgan fingerprint density at radius 2 is 2.17 bits per heavy atom. The van der Waals surface area contributed by atoms with E-state index in [1.165, 1.54) is 0 Å². The Morgan fingerprint density at radius 1 is 1.44 bits per heavy atom. The predicted molar refractivity (Wildman–Crippen MR) is 66.9 cm³/mol. The molecule has 1 amide bonds. The lowest BCUT2D eigenvalue weighted by atomic mass is 9.77. The van der Waals surface area contributed by atoms with E-state index < -0.39 is 11.5 Å². The van der Waals surface area contributed by atoms with Crippen LogP contribution in [0.5, 0.6) is 0 Å². The minimum Gasteiger partial charge on any atom is -0.480 e. The van der Waals surface area contributed by atoms with Gasteiger partial charge in [0, 0.05) is 12.7 Å². The van der Waals surface area contributed by atoms with Gasteiger partial charge < -0.3 is 10.0 Å². The van der Waals surface area contributed by atoms with Gasteiger partial charge in [-0.25, -0.2) is 0 Å². The van der Waals surface area contributed by atoms with Crippen LogP contribution < -0.4 is 5.32 Å². The second-order valence-electron chi connectivity index (χ2n) is 5.13. The Kier molecular flexibility index (Phi) is 3.71. The number of likely N-dealkylation sites (N-methyl/N-ethyl adjacent to an activating group) is 1. The van der Waals surface area contributed by atoms with Gasteiger partial charge in [-0.05, 0) is 38.5 Å². The highest BCUT2D eigenvalue weighted by molar-refractivity contribution is 5.83. The maximum absolute atomic E-state index is 12.0. The largest absolute Gasteiger partial charge is 0.480 e. The van der Waals surface area contributed by atoms with Crippen LogP contribution in [0.2, 0.25) is 0 Å². The van der Waals surface area contributed by atoms with Crippen LogP contribution in [0.1, 0.15) is 38.5 Å². The fourth-order valence-electron chi connectivity index (χ4n) is 2.48. The van der Waals surface area contributed by atoms with Crippen LogP contribution in [0.4, 0.5) is 0 Å². The van der Waals surface area contributed by atoms with E-state index >= 15 is 0 Å². The van der Waals surface area contributed by atoms with Gasteiger partial charge in [0.15, 0.2) is 0 Å². The minimum atomic E-state index is -0.861. The maximum Gasteiger partial charge on any atom is 0.323 e. The van der Waals surface area contributed by atoms with Crippen molar-refractivity contribution in [1.29, 1.82) is 0 Å². The molecule has 0 atom stereocenters. The molecule has 1 saturated carbocycles. The Bertz CT molecular complexity index is 386. The first-order valence-corrected chi connectivity index (χ1v) is 6.49. The smallest absolute Gasteiger partial charge is 0.323 e. The molecule has 2 rings (SSSR count). The first kappa shape index (κ1) is 13.1. The molecule has 0 aromatic carbocycles. The summed E-state index contributed by atoms with van der Waals surface area (Å²) in [6.45, 7) is 0.0974. The standard InChI is InChI=1S/C13H20N2O3/c1-15(10-5-2-3-6-10)11(16)9-14-13(12(17)18)7-4-8-13/h5,14H,2-4,6-9H2,1H3,(H,17,18). The van der Waals surface area contributed by atoms with Gasteiger partial charge in [0.2, 0.25) is 5.91 Å². The molecule has 5 nitrogen and oxygen atoms in total. The summed E-state index contributed by atoms with van der Waals surface area (Å²) in [5, 5.41) is 12.1. The number of amides is 1. The molecular formula is C13H20N2O3. The molecule has 2 aliphatic carbocycles. The van der Waals surface area contributed by atoms with Gasteiger partial charge in [-0.1, -0.05) is 6.08 Å². The van der Waals surface area contributed by atoms with Crippen molar-refractivity contribution in [3.8, 4) is 0 Å². The summed E-state index contributed by atoms with van der Waals surface area (Å²) in [6, 6.07) is 0. The monoisotopic (exact) mass is 252 g/mol. The number of aliphatic carboxylic acids is 1. The van der Waals surface area contributed by atoms with Gasteiger partial charge in [-0.15, -0.1) is 0 Å². The number of hydrogen-bond donors (Lipinski definition) is 2. The molecule has 0 heterocycles. The van der Waals surface area contributed by atoms with Crippen molar-refractivity contribution in [3.05, 3.63) is 11.8 Å². The number of hydrogen-bond acceptors (Lipinski definition) is 3. The SMILES string of the molecule is CN(C(=O)CNC1(C(=O)O)CCC1)C1=CCCC1. The van der Waals surface area contributed by atoms with Crippen molar-refractivity contribution >= 4 is 11.9 Å². The highest BCUT2D eigenvalue weighted by Gasteiger charge is 2.44. The summed E-state index contributed by atoms with van der Waals surface area (Å²) in [7, 11) is 1.76. The average Bonchev–Trinajstić information content (AvgIpc) is 2.79. The van der Waals surface area contributed by atoms with E-state index in [0.29, 0.717) is 12.8 Å². The topological polar surface area (TPSA) is 69.6 Å². The Balaban J connectivity index is 1.86. The zero-order valence-corrected chi connectivity index (χ0v) is 10.7. The summed E-state index contributed by atoms with van der Waals surface area (Å²) >= 11 is 0. The third-order valence-corrected chi connectivity index (χ3v) is 4.02. The molecular weight excluding hydrogens is 232 g/mol. The summed E-state index contributed by atoms with van der Waals surface area (Å²) < 4.78 is 0. The van der Waals surface area contributed by atoms with Crippen LogP contribution in [0.25, 0.3) is 0 Å². The highest BCUT2D eigenvalue weighted by atomic mass is 16.4. The van der Waals surface area contributed by atoms with E-state index in [2.05, 4.69) is 11.4 Å². The molecule has 0 spiro atoms. The van der Waals surface area contributed by atoms with Crippen LogP contribution in [0, 0.1) is 0 Å². The number of nitrogens with one attached hydrogen (secondary N) is 1. The second kappa shape index (κ2) is 5.10. The quantitative estimate of drug-likeness (QED) is 0.769. The molecule has 0 bridgehead atoms. The number of carboxylic acid groups (broad SMARTS) is 1. The van der Waals surface area contributed by atoms with Crippen molar-refractivity contribution < 1.29 is 14.7 Å². The van der Waals surface area contributed by atoms with Gasteiger partial charge in [0.1, 0.15) is 5.54 Å². The lowest BCUT2D eigenvalue weighted by molar-refractivity contribution is -0.149. The number of carbonyl (C=O) groups is 2. The van der Waals surface area contributed by atoms with E-state index in [1.807, 2.05) is 0 Å². The van der Waals surface area contributed by atoms with Crippen molar-refractivity contribution in [3.63, 3.8) is 0 Å². The number of carboxylic acids is 1. The van der Waals surface area contributed by atoms with Crippen LogP contribution in [-0.4, -0.2) is 41.0 Å². The number of nitrogens with zero attached hydrogens (tertiary/aromatic N) is 1. The highest BCUT2D eigenvalue weighted by Crippen LogP contribution is 2.31. The molecule has 0 radical (unpaired) electrons. The third-order valence-electron chi connectivity index (χ3n) is 4.02. The van der Waals surface area contributed by atoms with Gasteiger partial charge in [0.25, 0.3) is 0 Å². The first-order valence-electron chi connectivity index (χ1n) is 6.49. The molecule has 0 unspecified atom stereocenters. The van der Waals surface area contributed by atoms with Crippen molar-refractivity contribution in [2.24, 2.45) is 0 Å². The van der Waals surface area contributed by atoms with Crippen LogP contribution in [0.3, 0.4) is 0 Å². The van der Waals surface area contributed by atoms with E-state index in [1.54, 1.807) is 11.9 Å². The molecule has 0 aromatic rings. The van der Waals surface area contributed by atoms with Crippen molar-refractivity contribution in [2.45, 2.75) is 44.1 Å². The van der Waals surface area contributed by atoms with E-state index in [-0.39, 0.29) is 12.5 Å². The molecule has 2 aliphatic rings. The normalized spacial score (nSPS) is 21.1. The van der Waals surface area contributed by atoms with Crippen LogP contribution in [-0.2, 0) is 9.59 Å². The van der Waals surface area contributed by atoms with Gasteiger partial charge in [0.05, 0.1) is 6.54 Å². The zero-order chi connectivity index (χ0) is 13.2. The lowest BCUT2D eigenvalue weighted by Crippen LogP contribution is -2.59. The van der Waals surface area contributed by atoms with Crippen LogP contribution in [0.15, 0.2) is 11.8 Å². The molecule has 0 saturated heterocycles. The summed E-state index contributed by atoms with van der Waals surface area (Å²) in [5.41, 5.74) is 0.195. The summed E-state index contributed by atoms with van der Waals surface area (Å²) in [5.74, 6) is -0.903. The van der Waals surface area contributed by atoms with Crippen LogP contribution >= 0.6 is 0 Å². The van der Waals surface area contributed by atoms with Crippen molar-refractivity contribution in [1.82, 2.24) is 10.2 Å². The van der Waals surface area contributed by atoms with Gasteiger partial charge in [-0.3, -0.25) is 14.9 Å². The van der Waals surface area contributed by atoms with E-state index in [9.17, 15) is 9.59 Å². The average molecular weight is 252 g/mol. The Morgan fingerprint density at radius 3 is 2.61 bits per heavy atom. The number of allylic oxidation sites excluding steroid dienone is 2. The fourth-order valence-corrected chi connectivity index (χ4v) is 2.48. The second-order valence-corrected chi connectivity index (χ2v) is 5.13. The molecule has 0 aliphatic heterocycles. The lowest BCUT2D eigenvalue weighted by Gasteiger charge is -2.38. The molecule has 100 valence electrons. The zero-order valence-electron chi connectivity index (χ0n) is 10.7. The van der Waals surface area contributed by atoms with Crippen molar-refractivity contribution in [2.75, 3.05) is 13.6 Å². The summed E-state index contributed by atoms with van der Waals surface area (Å²) in [4.78, 5) is 24.8. The first-order chi connectivity index (χ1) is 8.55. The van der Waals surface area contributed by atoms with E-state index in [4.69, 9.17) is 5.11 Å². The minimum absolute atomic E-state index is 0.0596. The molecule has 0 aromatic heterocycles. The Labute approximate surface area is 107 Å². The summed E-state index contributed by atoms with van der Waals surface area (Å²) in [6.07, 6.45) is 7.28. The predicted octanol–water partition coefficient (Wildman–Crippen LogP) is 1.11. The van der Waals surface area contributed by atoms with E-state index in [0.717, 1.165) is 31.4 Å². The molecule has 18 heavy (non-hydrogen) atoms. The number of carbonyl (C=O) groups excluding carboxylic acids is 1. The molecule has 5 heteroatoms.